The molecule has 18 heavy (non-hydrogen) atoms. The fourth-order valence-corrected chi connectivity index (χ4v) is 1.97. The Kier molecular flexibility index (Phi) is 3.95. The van der Waals surface area contributed by atoms with E-state index in [4.69, 9.17) is 4.74 Å². The summed E-state index contributed by atoms with van der Waals surface area (Å²) in [5, 5.41) is 3.05. The lowest BCUT2D eigenvalue weighted by molar-refractivity contribution is 0.415. The molecule has 2 aromatic carbocycles. The van der Waals surface area contributed by atoms with Gasteiger partial charge in [-0.3, -0.25) is 0 Å². The molecule has 0 aromatic heterocycles. The Hall–Kier alpha value is -1.87. The van der Waals surface area contributed by atoms with Crippen LogP contribution in [-0.2, 0) is 6.54 Å². The molecule has 2 aromatic rings. The van der Waals surface area contributed by atoms with E-state index in [1.54, 1.807) is 19.2 Å². The maximum absolute atomic E-state index is 13.3. The lowest BCUT2D eigenvalue weighted by Gasteiger charge is -2.10. The van der Waals surface area contributed by atoms with Gasteiger partial charge in [0.1, 0.15) is 11.6 Å². The summed E-state index contributed by atoms with van der Waals surface area (Å²) >= 11 is 0. The molecule has 0 fully saturated rings. The van der Waals surface area contributed by atoms with Crippen molar-refractivity contribution in [3.63, 3.8) is 0 Å². The normalized spacial score (nSPS) is 10.4. The first kappa shape index (κ1) is 12.6. The summed E-state index contributed by atoms with van der Waals surface area (Å²) < 4.78 is 18.5. The molecule has 0 spiro atoms. The van der Waals surface area contributed by atoms with E-state index in [9.17, 15) is 4.39 Å². The van der Waals surface area contributed by atoms with Gasteiger partial charge in [0.15, 0.2) is 0 Å². The molecule has 0 radical (unpaired) electrons. The summed E-state index contributed by atoms with van der Waals surface area (Å²) in [6.07, 6.45) is 0. The smallest absolute Gasteiger partial charge is 0.123 e. The van der Waals surface area contributed by atoms with Gasteiger partial charge in [0.05, 0.1) is 7.11 Å². The molecule has 1 N–H and O–H groups in total. The molecular formula is C15H16FNO. The number of hydrogen-bond acceptors (Lipinski definition) is 2. The van der Waals surface area contributed by atoms with Gasteiger partial charge in [-0.1, -0.05) is 18.2 Å². The Morgan fingerprint density at radius 1 is 1.17 bits per heavy atom. The van der Waals surface area contributed by atoms with Gasteiger partial charge in [-0.05, 0) is 48.0 Å². The van der Waals surface area contributed by atoms with Crippen molar-refractivity contribution in [3.05, 3.63) is 53.8 Å². The van der Waals surface area contributed by atoms with Gasteiger partial charge < -0.3 is 10.1 Å². The second-order valence-corrected chi connectivity index (χ2v) is 4.06. The van der Waals surface area contributed by atoms with E-state index in [0.29, 0.717) is 6.54 Å². The Morgan fingerprint density at radius 3 is 2.72 bits per heavy atom. The second-order valence-electron chi connectivity index (χ2n) is 4.06. The highest BCUT2D eigenvalue weighted by Crippen LogP contribution is 2.27. The van der Waals surface area contributed by atoms with Gasteiger partial charge in [-0.15, -0.1) is 0 Å². The van der Waals surface area contributed by atoms with E-state index in [1.807, 2.05) is 31.3 Å². The highest BCUT2D eigenvalue weighted by Gasteiger charge is 2.07. The van der Waals surface area contributed by atoms with E-state index in [2.05, 4.69) is 5.32 Å². The highest BCUT2D eigenvalue weighted by molar-refractivity contribution is 5.68. The molecular weight excluding hydrogens is 229 g/mol. The predicted octanol–water partition coefficient (Wildman–Crippen LogP) is 3.22. The van der Waals surface area contributed by atoms with Crippen molar-refractivity contribution in [2.45, 2.75) is 6.54 Å². The SMILES string of the molecule is CNCc1cc(F)ccc1-c1cccc(OC)c1. The van der Waals surface area contributed by atoms with E-state index in [0.717, 1.165) is 22.4 Å². The molecule has 3 heteroatoms. The topological polar surface area (TPSA) is 21.3 Å². The third-order valence-electron chi connectivity index (χ3n) is 2.82. The van der Waals surface area contributed by atoms with Gasteiger partial charge >= 0.3 is 0 Å². The van der Waals surface area contributed by atoms with Crippen LogP contribution in [-0.4, -0.2) is 14.2 Å². The van der Waals surface area contributed by atoms with Crippen LogP contribution in [0.2, 0.25) is 0 Å². The maximum Gasteiger partial charge on any atom is 0.123 e. The zero-order valence-electron chi connectivity index (χ0n) is 10.5. The number of ether oxygens (including phenoxy) is 1. The average Bonchev–Trinajstić information content (AvgIpc) is 2.39. The Labute approximate surface area is 106 Å². The highest BCUT2D eigenvalue weighted by atomic mass is 19.1. The molecule has 94 valence electrons. The molecule has 0 atom stereocenters. The molecule has 0 amide bonds. The van der Waals surface area contributed by atoms with Crippen molar-refractivity contribution in [2.24, 2.45) is 0 Å². The number of benzene rings is 2. The van der Waals surface area contributed by atoms with Gasteiger partial charge in [-0.2, -0.15) is 0 Å². The fourth-order valence-electron chi connectivity index (χ4n) is 1.97. The first-order valence-electron chi connectivity index (χ1n) is 5.82. The Morgan fingerprint density at radius 2 is 2.00 bits per heavy atom. The summed E-state index contributed by atoms with van der Waals surface area (Å²) in [5.74, 6) is 0.583. The molecule has 0 saturated heterocycles. The molecule has 0 saturated carbocycles. The van der Waals surface area contributed by atoms with Gasteiger partial charge in [0.25, 0.3) is 0 Å². The first-order chi connectivity index (χ1) is 8.74. The molecule has 0 unspecified atom stereocenters. The zero-order valence-corrected chi connectivity index (χ0v) is 10.5. The van der Waals surface area contributed by atoms with Crippen molar-refractivity contribution in [3.8, 4) is 16.9 Å². The van der Waals surface area contributed by atoms with Crippen molar-refractivity contribution >= 4 is 0 Å². The molecule has 0 heterocycles. The molecule has 2 nitrogen and oxygen atoms in total. The van der Waals surface area contributed by atoms with E-state index >= 15 is 0 Å². The summed E-state index contributed by atoms with van der Waals surface area (Å²) in [7, 11) is 3.48. The van der Waals surface area contributed by atoms with Crippen LogP contribution in [0.5, 0.6) is 5.75 Å². The van der Waals surface area contributed by atoms with Gasteiger partial charge in [0.2, 0.25) is 0 Å². The van der Waals surface area contributed by atoms with Crippen molar-refractivity contribution in [1.29, 1.82) is 0 Å². The molecule has 0 aliphatic carbocycles. The van der Waals surface area contributed by atoms with Crippen LogP contribution < -0.4 is 10.1 Å². The van der Waals surface area contributed by atoms with Crippen molar-refractivity contribution in [2.75, 3.05) is 14.2 Å². The van der Waals surface area contributed by atoms with Gasteiger partial charge in [-0.25, -0.2) is 4.39 Å². The Balaban J connectivity index is 2.48. The summed E-state index contributed by atoms with van der Waals surface area (Å²) in [6, 6.07) is 12.6. The fraction of sp³-hybridized carbons (Fsp3) is 0.200. The Bertz CT molecular complexity index is 540. The third-order valence-corrected chi connectivity index (χ3v) is 2.82. The van der Waals surface area contributed by atoms with Crippen molar-refractivity contribution < 1.29 is 9.13 Å². The number of nitrogens with one attached hydrogen (secondary N) is 1. The van der Waals surface area contributed by atoms with Crippen LogP contribution in [0, 0.1) is 5.82 Å². The number of methoxy groups -OCH3 is 1. The first-order valence-corrected chi connectivity index (χ1v) is 5.82. The summed E-state index contributed by atoms with van der Waals surface area (Å²) in [6.45, 7) is 0.629. The van der Waals surface area contributed by atoms with E-state index < -0.39 is 0 Å². The zero-order chi connectivity index (χ0) is 13.0. The standard InChI is InChI=1S/C15H16FNO/c1-17-10-12-8-13(16)6-7-15(12)11-4-3-5-14(9-11)18-2/h3-9,17H,10H2,1-2H3. The quantitative estimate of drug-likeness (QED) is 0.893. The van der Waals surface area contributed by atoms with E-state index in [1.165, 1.54) is 6.07 Å². The predicted molar refractivity (Wildman–Crippen MR) is 71.2 cm³/mol. The monoisotopic (exact) mass is 245 g/mol. The minimum atomic E-state index is -0.216. The summed E-state index contributed by atoms with van der Waals surface area (Å²) in [4.78, 5) is 0. The average molecular weight is 245 g/mol. The summed E-state index contributed by atoms with van der Waals surface area (Å²) in [5.41, 5.74) is 2.98. The molecule has 0 bridgehead atoms. The third kappa shape index (κ3) is 2.68. The lowest BCUT2D eigenvalue weighted by Crippen LogP contribution is -2.06. The van der Waals surface area contributed by atoms with E-state index in [-0.39, 0.29) is 5.82 Å². The van der Waals surface area contributed by atoms with Crippen LogP contribution in [0.4, 0.5) is 4.39 Å². The van der Waals surface area contributed by atoms with Crippen LogP contribution >= 0.6 is 0 Å². The van der Waals surface area contributed by atoms with Crippen LogP contribution in [0.15, 0.2) is 42.5 Å². The minimum absolute atomic E-state index is 0.216. The van der Waals surface area contributed by atoms with Crippen LogP contribution in [0.3, 0.4) is 0 Å². The largest absolute Gasteiger partial charge is 0.497 e. The van der Waals surface area contributed by atoms with Crippen LogP contribution in [0.1, 0.15) is 5.56 Å². The second kappa shape index (κ2) is 5.65. The maximum atomic E-state index is 13.3. The molecule has 2 rings (SSSR count). The lowest BCUT2D eigenvalue weighted by atomic mass is 9.99. The molecule has 0 aliphatic heterocycles. The van der Waals surface area contributed by atoms with Crippen molar-refractivity contribution in [1.82, 2.24) is 5.32 Å². The van der Waals surface area contributed by atoms with Gasteiger partial charge in [0, 0.05) is 6.54 Å². The molecule has 0 aliphatic rings. The minimum Gasteiger partial charge on any atom is -0.497 e. The number of hydrogen-bond donors (Lipinski definition) is 1. The number of rotatable bonds is 4. The van der Waals surface area contributed by atoms with Crippen LogP contribution in [0.25, 0.3) is 11.1 Å². The number of halogens is 1.